The maximum Gasteiger partial charge on any atom is 0.435 e. The number of benzene rings is 1. The molecule has 0 saturated heterocycles. The molecule has 118 valence electrons. The molecule has 0 N–H and O–H groups in total. The summed E-state index contributed by atoms with van der Waals surface area (Å²) in [5, 5.41) is 13.6. The third-order valence-electron chi connectivity index (χ3n) is 2.62. The lowest BCUT2D eigenvalue weighted by Gasteiger charge is -2.12. The van der Waals surface area contributed by atoms with Gasteiger partial charge in [0.1, 0.15) is 0 Å². The fourth-order valence-electron chi connectivity index (χ4n) is 1.67. The molecule has 0 atom stereocenters. The highest BCUT2D eigenvalue weighted by molar-refractivity contribution is 5.49. The Hall–Kier alpha value is -2.59. The molecule has 2 aromatic rings. The molecule has 0 fully saturated rings. The molecule has 0 bridgehead atoms. The minimum absolute atomic E-state index is 0.240. The van der Waals surface area contributed by atoms with Crippen molar-refractivity contribution < 1.29 is 31.3 Å². The van der Waals surface area contributed by atoms with Crippen molar-refractivity contribution in [3.8, 4) is 5.69 Å². The van der Waals surface area contributed by atoms with Crippen LogP contribution in [0.4, 0.5) is 32.0 Å². The average Bonchev–Trinajstić information content (AvgIpc) is 2.86. The number of alkyl halides is 6. The molecule has 22 heavy (non-hydrogen) atoms. The van der Waals surface area contributed by atoms with Gasteiger partial charge < -0.3 is 0 Å². The second kappa shape index (κ2) is 5.00. The van der Waals surface area contributed by atoms with E-state index >= 15 is 0 Å². The van der Waals surface area contributed by atoms with Gasteiger partial charge in [-0.25, -0.2) is 4.68 Å². The molecular formula is C11H5F6N3O2. The first kappa shape index (κ1) is 15.8. The van der Waals surface area contributed by atoms with Crippen LogP contribution in [0.15, 0.2) is 30.5 Å². The minimum atomic E-state index is -4.99. The van der Waals surface area contributed by atoms with Crippen LogP contribution in [0.2, 0.25) is 0 Å². The van der Waals surface area contributed by atoms with E-state index in [1.807, 2.05) is 0 Å². The summed E-state index contributed by atoms with van der Waals surface area (Å²) in [5.74, 6) is 0. The van der Waals surface area contributed by atoms with Gasteiger partial charge in [-0.15, -0.1) is 0 Å². The Bertz CT molecular complexity index is 719. The Balaban J connectivity index is 2.60. The fraction of sp³-hybridized carbons (Fsp3) is 0.182. The van der Waals surface area contributed by atoms with Gasteiger partial charge in [-0.1, -0.05) is 0 Å². The lowest BCUT2D eigenvalue weighted by Crippen LogP contribution is -2.13. The maximum absolute atomic E-state index is 12.9. The van der Waals surface area contributed by atoms with E-state index in [9.17, 15) is 36.5 Å². The molecule has 0 aliphatic heterocycles. The summed E-state index contributed by atoms with van der Waals surface area (Å²) in [4.78, 5) is 9.49. The third kappa shape index (κ3) is 3.02. The molecule has 1 aromatic carbocycles. The highest BCUT2D eigenvalue weighted by atomic mass is 19.4. The number of halogens is 6. The standard InChI is InChI=1S/C11H5F6N3O2/c12-10(13,14)7-5-6(20(21)22)1-2-8(7)19-4-3-9(18-19)11(15,16)17/h1-5H. The summed E-state index contributed by atoms with van der Waals surface area (Å²) in [7, 11) is 0. The highest BCUT2D eigenvalue weighted by Crippen LogP contribution is 2.36. The number of aromatic nitrogens is 2. The third-order valence-corrected chi connectivity index (χ3v) is 2.62. The van der Waals surface area contributed by atoms with Crippen LogP contribution in [0.1, 0.15) is 11.3 Å². The van der Waals surface area contributed by atoms with Gasteiger partial charge in [0.2, 0.25) is 0 Å². The molecule has 5 nitrogen and oxygen atoms in total. The van der Waals surface area contributed by atoms with Gasteiger partial charge in [0.15, 0.2) is 5.69 Å². The SMILES string of the molecule is O=[N+]([O-])c1ccc(-n2ccc(C(F)(F)F)n2)c(C(F)(F)F)c1. The second-order valence-corrected chi connectivity index (χ2v) is 4.10. The zero-order valence-electron chi connectivity index (χ0n) is 10.3. The Labute approximate surface area is 117 Å². The molecule has 1 aromatic heterocycles. The van der Waals surface area contributed by atoms with Crippen LogP contribution >= 0.6 is 0 Å². The van der Waals surface area contributed by atoms with Crippen molar-refractivity contribution in [2.45, 2.75) is 12.4 Å². The zero-order valence-corrected chi connectivity index (χ0v) is 10.3. The molecule has 0 aliphatic rings. The zero-order chi connectivity index (χ0) is 16.7. The molecule has 0 aliphatic carbocycles. The summed E-state index contributed by atoms with van der Waals surface area (Å²) in [6.45, 7) is 0. The Kier molecular flexibility index (Phi) is 3.59. The van der Waals surface area contributed by atoms with Crippen LogP contribution < -0.4 is 0 Å². The van der Waals surface area contributed by atoms with Crippen LogP contribution in [0.25, 0.3) is 5.69 Å². The quantitative estimate of drug-likeness (QED) is 0.479. The van der Waals surface area contributed by atoms with E-state index in [2.05, 4.69) is 5.10 Å². The van der Waals surface area contributed by atoms with Gasteiger partial charge in [0, 0.05) is 18.3 Å². The summed E-state index contributed by atoms with van der Waals surface area (Å²) in [6.07, 6.45) is -9.12. The van der Waals surface area contributed by atoms with E-state index in [1.165, 1.54) is 0 Å². The number of rotatable bonds is 2. The summed E-state index contributed by atoms with van der Waals surface area (Å²) >= 11 is 0. The van der Waals surface area contributed by atoms with Gasteiger partial charge in [0.25, 0.3) is 5.69 Å². The Morgan fingerprint density at radius 2 is 1.68 bits per heavy atom. The molecule has 0 spiro atoms. The van der Waals surface area contributed by atoms with Crippen LogP contribution in [0.5, 0.6) is 0 Å². The van der Waals surface area contributed by atoms with E-state index in [0.29, 0.717) is 23.0 Å². The monoisotopic (exact) mass is 325 g/mol. The van der Waals surface area contributed by atoms with Gasteiger partial charge in [-0.3, -0.25) is 10.1 Å². The van der Waals surface area contributed by atoms with Crippen LogP contribution in [-0.4, -0.2) is 14.7 Å². The van der Waals surface area contributed by atoms with Crippen LogP contribution in [-0.2, 0) is 12.4 Å². The lowest BCUT2D eigenvalue weighted by atomic mass is 10.1. The van der Waals surface area contributed by atoms with Gasteiger partial charge >= 0.3 is 12.4 Å². The number of nitrogens with zero attached hydrogens (tertiary/aromatic N) is 3. The number of nitro benzene ring substituents is 1. The number of non-ortho nitro benzene ring substituents is 1. The van der Waals surface area contributed by atoms with Crippen molar-refractivity contribution in [2.75, 3.05) is 0 Å². The maximum atomic E-state index is 12.9. The molecule has 0 saturated carbocycles. The molecule has 2 rings (SSSR count). The minimum Gasteiger partial charge on any atom is -0.258 e. The Morgan fingerprint density at radius 1 is 1.05 bits per heavy atom. The first-order chi connectivity index (χ1) is 10.00. The van der Waals surface area contributed by atoms with E-state index in [-0.39, 0.29) is 6.07 Å². The molecule has 0 unspecified atom stereocenters. The van der Waals surface area contributed by atoms with Gasteiger partial charge in [-0.05, 0) is 12.1 Å². The number of nitro groups is 1. The predicted molar refractivity (Wildman–Crippen MR) is 60.2 cm³/mol. The van der Waals surface area contributed by atoms with Crippen molar-refractivity contribution in [3.05, 3.63) is 51.8 Å². The van der Waals surface area contributed by atoms with Crippen molar-refractivity contribution >= 4 is 5.69 Å². The Morgan fingerprint density at radius 3 is 2.14 bits per heavy atom. The second-order valence-electron chi connectivity index (χ2n) is 4.10. The van der Waals surface area contributed by atoms with Crippen molar-refractivity contribution in [1.82, 2.24) is 9.78 Å². The summed E-state index contributed by atoms with van der Waals surface area (Å²) in [5.41, 5.74) is -4.41. The van der Waals surface area contributed by atoms with Gasteiger partial charge in [-0.2, -0.15) is 31.4 Å². The van der Waals surface area contributed by atoms with E-state index < -0.39 is 39.9 Å². The lowest BCUT2D eigenvalue weighted by molar-refractivity contribution is -0.385. The molecule has 1 heterocycles. The smallest absolute Gasteiger partial charge is 0.258 e. The molecular weight excluding hydrogens is 320 g/mol. The van der Waals surface area contributed by atoms with Crippen molar-refractivity contribution in [1.29, 1.82) is 0 Å². The first-order valence-corrected chi connectivity index (χ1v) is 5.49. The largest absolute Gasteiger partial charge is 0.435 e. The average molecular weight is 325 g/mol. The molecule has 0 amide bonds. The summed E-state index contributed by atoms with van der Waals surface area (Å²) in [6, 6.07) is 2.18. The van der Waals surface area contributed by atoms with E-state index in [0.717, 1.165) is 6.07 Å². The highest BCUT2D eigenvalue weighted by Gasteiger charge is 2.37. The summed E-state index contributed by atoms with van der Waals surface area (Å²) < 4.78 is 76.5. The van der Waals surface area contributed by atoms with Gasteiger partial charge in [0.05, 0.1) is 16.2 Å². The normalized spacial score (nSPS) is 12.5. The molecule has 0 radical (unpaired) electrons. The number of hydrogen-bond acceptors (Lipinski definition) is 3. The van der Waals surface area contributed by atoms with E-state index in [1.54, 1.807) is 0 Å². The topological polar surface area (TPSA) is 61.0 Å². The van der Waals surface area contributed by atoms with Crippen molar-refractivity contribution in [2.24, 2.45) is 0 Å². The predicted octanol–water partition coefficient (Wildman–Crippen LogP) is 3.82. The van der Waals surface area contributed by atoms with Crippen molar-refractivity contribution in [3.63, 3.8) is 0 Å². The fourth-order valence-corrected chi connectivity index (χ4v) is 1.67. The van der Waals surface area contributed by atoms with Crippen LogP contribution in [0, 0.1) is 10.1 Å². The molecule has 11 heteroatoms. The first-order valence-electron chi connectivity index (χ1n) is 5.49. The van der Waals surface area contributed by atoms with Crippen LogP contribution in [0.3, 0.4) is 0 Å². The van der Waals surface area contributed by atoms with E-state index in [4.69, 9.17) is 0 Å². The number of hydrogen-bond donors (Lipinski definition) is 0.